The Hall–Kier alpha value is -0.900. The van der Waals surface area contributed by atoms with E-state index in [-0.39, 0.29) is 0 Å². The zero-order valence-electron chi connectivity index (χ0n) is 10.6. The molecule has 0 aliphatic carbocycles. The summed E-state index contributed by atoms with van der Waals surface area (Å²) in [5, 5.41) is 11.2. The molecular formula is C12H24N4. The summed E-state index contributed by atoms with van der Waals surface area (Å²) in [6.07, 6.45) is 9.91. The Labute approximate surface area is 98.4 Å². The van der Waals surface area contributed by atoms with E-state index in [4.69, 9.17) is 0 Å². The van der Waals surface area contributed by atoms with Crippen LogP contribution in [0.1, 0.15) is 51.1 Å². The number of unbranched alkanes of at least 4 members (excludes halogenated alkanes) is 5. The Morgan fingerprint density at radius 3 is 2.62 bits per heavy atom. The SMILES string of the molecule is CCCCCCCCNCc1cnnn1C. The van der Waals surface area contributed by atoms with E-state index in [9.17, 15) is 0 Å². The highest BCUT2D eigenvalue weighted by Crippen LogP contribution is 2.04. The van der Waals surface area contributed by atoms with Crippen molar-refractivity contribution in [3.63, 3.8) is 0 Å². The van der Waals surface area contributed by atoms with Crippen molar-refractivity contribution < 1.29 is 0 Å². The van der Waals surface area contributed by atoms with Gasteiger partial charge in [0.15, 0.2) is 0 Å². The molecule has 1 aromatic heterocycles. The molecule has 4 heteroatoms. The number of aromatic nitrogens is 3. The Bertz CT molecular complexity index is 270. The fourth-order valence-corrected chi connectivity index (χ4v) is 1.72. The van der Waals surface area contributed by atoms with Gasteiger partial charge in [0, 0.05) is 13.6 Å². The maximum Gasteiger partial charge on any atom is 0.0738 e. The molecule has 0 fully saturated rings. The largest absolute Gasteiger partial charge is 0.311 e. The highest BCUT2D eigenvalue weighted by Gasteiger charge is 1.97. The van der Waals surface area contributed by atoms with Gasteiger partial charge in [0.05, 0.1) is 11.9 Å². The minimum atomic E-state index is 0.873. The van der Waals surface area contributed by atoms with Crippen LogP contribution in [0.2, 0.25) is 0 Å². The predicted molar refractivity (Wildman–Crippen MR) is 66.1 cm³/mol. The Morgan fingerprint density at radius 1 is 1.19 bits per heavy atom. The van der Waals surface area contributed by atoms with Crippen LogP contribution >= 0.6 is 0 Å². The molecule has 0 spiro atoms. The summed E-state index contributed by atoms with van der Waals surface area (Å²) in [5.41, 5.74) is 1.14. The molecule has 1 N–H and O–H groups in total. The summed E-state index contributed by atoms with van der Waals surface area (Å²) in [6.45, 7) is 4.22. The van der Waals surface area contributed by atoms with Gasteiger partial charge in [-0.05, 0) is 13.0 Å². The van der Waals surface area contributed by atoms with Crippen molar-refractivity contribution in [2.45, 2.75) is 52.0 Å². The lowest BCUT2D eigenvalue weighted by Crippen LogP contribution is -2.16. The minimum absolute atomic E-state index is 0.873. The third-order valence-corrected chi connectivity index (χ3v) is 2.82. The third kappa shape index (κ3) is 5.26. The lowest BCUT2D eigenvalue weighted by atomic mass is 10.1. The van der Waals surface area contributed by atoms with Crippen LogP contribution in [0, 0.1) is 0 Å². The molecule has 0 bridgehead atoms. The lowest BCUT2D eigenvalue weighted by molar-refractivity contribution is 0.558. The van der Waals surface area contributed by atoms with E-state index >= 15 is 0 Å². The summed E-state index contributed by atoms with van der Waals surface area (Å²) in [4.78, 5) is 0. The number of nitrogens with one attached hydrogen (secondary N) is 1. The van der Waals surface area contributed by atoms with Crippen molar-refractivity contribution in [3.8, 4) is 0 Å². The molecule has 0 amide bonds. The highest BCUT2D eigenvalue weighted by molar-refractivity contribution is 4.91. The van der Waals surface area contributed by atoms with Gasteiger partial charge >= 0.3 is 0 Å². The van der Waals surface area contributed by atoms with Crippen LogP contribution in [0.4, 0.5) is 0 Å². The van der Waals surface area contributed by atoms with Gasteiger partial charge in [-0.3, -0.25) is 4.68 Å². The highest BCUT2D eigenvalue weighted by atomic mass is 15.4. The van der Waals surface area contributed by atoms with Crippen LogP contribution < -0.4 is 5.32 Å². The standard InChI is InChI=1S/C12H24N4/c1-3-4-5-6-7-8-9-13-10-12-11-14-15-16(12)2/h11,13H,3-10H2,1-2H3. The van der Waals surface area contributed by atoms with Gasteiger partial charge < -0.3 is 5.32 Å². The summed E-state index contributed by atoms with van der Waals surface area (Å²) < 4.78 is 1.81. The van der Waals surface area contributed by atoms with E-state index in [0.29, 0.717) is 0 Å². The molecule has 16 heavy (non-hydrogen) atoms. The van der Waals surface area contributed by atoms with Crippen molar-refractivity contribution >= 4 is 0 Å². The van der Waals surface area contributed by atoms with E-state index in [1.54, 1.807) is 0 Å². The summed E-state index contributed by atoms with van der Waals surface area (Å²) in [5.74, 6) is 0. The van der Waals surface area contributed by atoms with Gasteiger partial charge in [0.25, 0.3) is 0 Å². The maximum atomic E-state index is 3.89. The summed E-state index contributed by atoms with van der Waals surface area (Å²) >= 11 is 0. The van der Waals surface area contributed by atoms with Crippen molar-refractivity contribution in [2.24, 2.45) is 7.05 Å². The lowest BCUT2D eigenvalue weighted by Gasteiger charge is -2.04. The van der Waals surface area contributed by atoms with E-state index in [1.807, 2.05) is 17.9 Å². The molecule has 0 radical (unpaired) electrons. The van der Waals surface area contributed by atoms with Gasteiger partial charge in [-0.1, -0.05) is 44.2 Å². The molecule has 0 aliphatic heterocycles. The van der Waals surface area contributed by atoms with Crippen LogP contribution in [-0.2, 0) is 13.6 Å². The topological polar surface area (TPSA) is 42.7 Å². The number of rotatable bonds is 9. The zero-order chi connectivity index (χ0) is 11.6. The Balaban J connectivity index is 1.91. The first-order valence-corrected chi connectivity index (χ1v) is 6.39. The quantitative estimate of drug-likeness (QED) is 0.654. The maximum absolute atomic E-state index is 3.89. The molecule has 1 heterocycles. The minimum Gasteiger partial charge on any atom is -0.311 e. The molecule has 4 nitrogen and oxygen atoms in total. The van der Waals surface area contributed by atoms with Crippen molar-refractivity contribution in [1.29, 1.82) is 0 Å². The molecule has 0 unspecified atom stereocenters. The molecule has 92 valence electrons. The van der Waals surface area contributed by atoms with Crippen LogP contribution in [0.25, 0.3) is 0 Å². The van der Waals surface area contributed by atoms with Crippen molar-refractivity contribution in [2.75, 3.05) is 6.54 Å². The van der Waals surface area contributed by atoms with Crippen LogP contribution in [-0.4, -0.2) is 21.5 Å². The second kappa shape index (κ2) is 8.28. The molecule has 0 aliphatic rings. The number of aryl methyl sites for hydroxylation is 1. The van der Waals surface area contributed by atoms with Crippen LogP contribution in [0.3, 0.4) is 0 Å². The van der Waals surface area contributed by atoms with E-state index < -0.39 is 0 Å². The monoisotopic (exact) mass is 224 g/mol. The van der Waals surface area contributed by atoms with Crippen LogP contribution in [0.15, 0.2) is 6.20 Å². The zero-order valence-corrected chi connectivity index (χ0v) is 10.6. The van der Waals surface area contributed by atoms with Gasteiger partial charge in [-0.15, -0.1) is 5.10 Å². The van der Waals surface area contributed by atoms with Gasteiger partial charge in [0.2, 0.25) is 0 Å². The molecule has 0 aromatic carbocycles. The van der Waals surface area contributed by atoms with Crippen molar-refractivity contribution in [3.05, 3.63) is 11.9 Å². The molecule has 0 atom stereocenters. The van der Waals surface area contributed by atoms with Crippen LogP contribution in [0.5, 0.6) is 0 Å². The average Bonchev–Trinajstić information content (AvgIpc) is 2.68. The normalized spacial score (nSPS) is 10.9. The first-order valence-electron chi connectivity index (χ1n) is 6.39. The summed E-state index contributed by atoms with van der Waals surface area (Å²) in [6, 6.07) is 0. The molecule has 0 saturated heterocycles. The smallest absolute Gasteiger partial charge is 0.0738 e. The molecule has 1 aromatic rings. The van der Waals surface area contributed by atoms with E-state index in [0.717, 1.165) is 18.8 Å². The summed E-state index contributed by atoms with van der Waals surface area (Å²) in [7, 11) is 1.93. The first kappa shape index (κ1) is 13.2. The molecule has 0 saturated carbocycles. The number of hydrogen-bond donors (Lipinski definition) is 1. The second-order valence-corrected chi connectivity index (χ2v) is 4.29. The first-order chi connectivity index (χ1) is 7.84. The average molecular weight is 224 g/mol. The Morgan fingerprint density at radius 2 is 1.94 bits per heavy atom. The fraction of sp³-hybridized carbons (Fsp3) is 0.833. The molecular weight excluding hydrogens is 200 g/mol. The second-order valence-electron chi connectivity index (χ2n) is 4.29. The van der Waals surface area contributed by atoms with Crippen molar-refractivity contribution in [1.82, 2.24) is 20.3 Å². The van der Waals surface area contributed by atoms with E-state index in [1.165, 1.54) is 38.5 Å². The van der Waals surface area contributed by atoms with Gasteiger partial charge in [-0.2, -0.15) is 0 Å². The van der Waals surface area contributed by atoms with E-state index in [2.05, 4.69) is 22.6 Å². The third-order valence-electron chi connectivity index (χ3n) is 2.82. The van der Waals surface area contributed by atoms with Gasteiger partial charge in [-0.25, -0.2) is 0 Å². The number of nitrogens with zero attached hydrogens (tertiary/aromatic N) is 3. The Kier molecular flexibility index (Phi) is 6.81. The predicted octanol–water partition coefficient (Wildman–Crippen LogP) is 2.27. The fourth-order valence-electron chi connectivity index (χ4n) is 1.72. The van der Waals surface area contributed by atoms with Gasteiger partial charge in [0.1, 0.15) is 0 Å². The number of hydrogen-bond acceptors (Lipinski definition) is 3. The molecule has 1 rings (SSSR count).